The van der Waals surface area contributed by atoms with Crippen LogP contribution in [-0.4, -0.2) is 24.5 Å². The summed E-state index contributed by atoms with van der Waals surface area (Å²) < 4.78 is 10.3. The molecule has 0 aliphatic rings. The van der Waals surface area contributed by atoms with E-state index in [0.717, 1.165) is 5.56 Å². The Labute approximate surface area is 125 Å². The number of carbonyl (C=O) groups is 2. The molecule has 0 amide bonds. The third kappa shape index (κ3) is 5.95. The zero-order valence-corrected chi connectivity index (χ0v) is 13.0. The standard InChI is InChI=1S/C16H23NO4/c1-5-17-15(11(2)3)16(19)21-14-8-6-13(7-9-14)10-20-12(4)18/h6-9,11,15,17H,5,10H2,1-4H3. The molecule has 0 fully saturated rings. The zero-order chi connectivity index (χ0) is 15.8. The highest BCUT2D eigenvalue weighted by atomic mass is 16.5. The van der Waals surface area contributed by atoms with E-state index < -0.39 is 0 Å². The molecule has 0 aromatic heterocycles. The van der Waals surface area contributed by atoms with Gasteiger partial charge in [0.2, 0.25) is 0 Å². The van der Waals surface area contributed by atoms with Gasteiger partial charge in [0.15, 0.2) is 0 Å². The summed E-state index contributed by atoms with van der Waals surface area (Å²) in [5.74, 6) is 0.0197. The van der Waals surface area contributed by atoms with Crippen molar-refractivity contribution in [2.24, 2.45) is 5.92 Å². The van der Waals surface area contributed by atoms with Crippen molar-refractivity contribution in [2.45, 2.75) is 40.3 Å². The van der Waals surface area contributed by atoms with Crippen LogP contribution < -0.4 is 10.1 Å². The number of carbonyl (C=O) groups excluding carboxylic acids is 2. The molecule has 1 rings (SSSR count). The first-order chi connectivity index (χ1) is 9.93. The summed E-state index contributed by atoms with van der Waals surface area (Å²) in [6, 6.07) is 6.60. The largest absolute Gasteiger partial charge is 0.461 e. The van der Waals surface area contributed by atoms with Crippen LogP contribution in [0.4, 0.5) is 0 Å². The number of hydrogen-bond acceptors (Lipinski definition) is 5. The van der Waals surface area contributed by atoms with Crippen LogP contribution in [0.15, 0.2) is 24.3 Å². The number of hydrogen-bond donors (Lipinski definition) is 1. The third-order valence-corrected chi connectivity index (χ3v) is 2.93. The van der Waals surface area contributed by atoms with E-state index >= 15 is 0 Å². The van der Waals surface area contributed by atoms with Crippen LogP contribution in [0, 0.1) is 5.92 Å². The van der Waals surface area contributed by atoms with Crippen LogP contribution in [0.2, 0.25) is 0 Å². The molecule has 0 aliphatic carbocycles. The van der Waals surface area contributed by atoms with Crippen molar-refractivity contribution in [3.63, 3.8) is 0 Å². The number of nitrogens with one attached hydrogen (secondary N) is 1. The summed E-state index contributed by atoms with van der Waals surface area (Å²) in [5, 5.41) is 3.11. The summed E-state index contributed by atoms with van der Waals surface area (Å²) in [7, 11) is 0. The smallest absolute Gasteiger partial charge is 0.328 e. The molecular formula is C16H23NO4. The van der Waals surface area contributed by atoms with E-state index in [4.69, 9.17) is 9.47 Å². The molecule has 1 unspecified atom stereocenters. The first kappa shape index (κ1) is 17.2. The molecule has 1 atom stereocenters. The Morgan fingerprint density at radius 3 is 2.29 bits per heavy atom. The van der Waals surface area contributed by atoms with Crippen LogP contribution in [-0.2, 0) is 20.9 Å². The van der Waals surface area contributed by atoms with E-state index in [2.05, 4.69) is 5.32 Å². The van der Waals surface area contributed by atoms with E-state index in [-0.39, 0.29) is 30.5 Å². The Morgan fingerprint density at radius 1 is 1.19 bits per heavy atom. The van der Waals surface area contributed by atoms with Crippen molar-refractivity contribution >= 4 is 11.9 Å². The molecule has 1 aromatic rings. The van der Waals surface area contributed by atoms with Gasteiger partial charge in [-0.05, 0) is 30.2 Å². The van der Waals surface area contributed by atoms with E-state index in [1.807, 2.05) is 20.8 Å². The molecule has 0 saturated carbocycles. The van der Waals surface area contributed by atoms with Gasteiger partial charge in [-0.2, -0.15) is 0 Å². The lowest BCUT2D eigenvalue weighted by atomic mass is 10.0. The lowest BCUT2D eigenvalue weighted by molar-refractivity contribution is -0.142. The molecule has 1 aromatic carbocycles. The number of rotatable bonds is 7. The number of likely N-dealkylation sites (N-methyl/N-ethyl adjacent to an activating group) is 1. The highest BCUT2D eigenvalue weighted by molar-refractivity contribution is 5.78. The lowest BCUT2D eigenvalue weighted by Crippen LogP contribution is -2.43. The van der Waals surface area contributed by atoms with Crippen LogP contribution in [0.25, 0.3) is 0 Å². The molecule has 21 heavy (non-hydrogen) atoms. The molecule has 0 saturated heterocycles. The first-order valence-electron chi connectivity index (χ1n) is 7.11. The summed E-state index contributed by atoms with van der Waals surface area (Å²) in [6.07, 6.45) is 0. The Bertz CT molecular complexity index is 468. The predicted molar refractivity (Wildman–Crippen MR) is 79.8 cm³/mol. The quantitative estimate of drug-likeness (QED) is 0.617. The number of esters is 2. The molecule has 116 valence electrons. The van der Waals surface area contributed by atoms with E-state index in [1.54, 1.807) is 24.3 Å². The first-order valence-corrected chi connectivity index (χ1v) is 7.11. The Hall–Kier alpha value is -1.88. The average molecular weight is 293 g/mol. The molecule has 0 radical (unpaired) electrons. The van der Waals surface area contributed by atoms with Gasteiger partial charge in [-0.1, -0.05) is 32.9 Å². The average Bonchev–Trinajstić information content (AvgIpc) is 2.43. The molecule has 0 heterocycles. The van der Waals surface area contributed by atoms with Crippen LogP contribution >= 0.6 is 0 Å². The fraction of sp³-hybridized carbons (Fsp3) is 0.500. The number of benzene rings is 1. The summed E-state index contributed by atoms with van der Waals surface area (Å²) in [4.78, 5) is 22.8. The Balaban J connectivity index is 2.61. The topological polar surface area (TPSA) is 64.6 Å². The minimum atomic E-state index is -0.323. The molecule has 5 heteroatoms. The molecule has 0 bridgehead atoms. The van der Waals surface area contributed by atoms with Crippen molar-refractivity contribution < 1.29 is 19.1 Å². The van der Waals surface area contributed by atoms with Gasteiger partial charge in [-0.15, -0.1) is 0 Å². The maximum atomic E-state index is 12.1. The van der Waals surface area contributed by atoms with Gasteiger partial charge in [-0.25, -0.2) is 4.79 Å². The van der Waals surface area contributed by atoms with Crippen molar-refractivity contribution in [3.05, 3.63) is 29.8 Å². The fourth-order valence-corrected chi connectivity index (χ4v) is 1.83. The van der Waals surface area contributed by atoms with E-state index in [1.165, 1.54) is 6.92 Å². The Morgan fingerprint density at radius 2 is 1.81 bits per heavy atom. The SMILES string of the molecule is CCNC(C(=O)Oc1ccc(COC(C)=O)cc1)C(C)C. The molecule has 0 spiro atoms. The fourth-order valence-electron chi connectivity index (χ4n) is 1.83. The minimum Gasteiger partial charge on any atom is -0.461 e. The monoisotopic (exact) mass is 293 g/mol. The van der Waals surface area contributed by atoms with Crippen LogP contribution in [0.1, 0.15) is 33.3 Å². The lowest BCUT2D eigenvalue weighted by Gasteiger charge is -2.19. The second-order valence-corrected chi connectivity index (χ2v) is 5.12. The molecule has 5 nitrogen and oxygen atoms in total. The minimum absolute atomic E-state index is 0.153. The maximum Gasteiger partial charge on any atom is 0.328 e. The van der Waals surface area contributed by atoms with Gasteiger partial charge in [0.25, 0.3) is 0 Å². The van der Waals surface area contributed by atoms with Crippen LogP contribution in [0.5, 0.6) is 5.75 Å². The van der Waals surface area contributed by atoms with E-state index in [9.17, 15) is 9.59 Å². The van der Waals surface area contributed by atoms with Crippen LogP contribution in [0.3, 0.4) is 0 Å². The van der Waals surface area contributed by atoms with Crippen molar-refractivity contribution in [1.29, 1.82) is 0 Å². The zero-order valence-electron chi connectivity index (χ0n) is 13.0. The summed E-state index contributed by atoms with van der Waals surface area (Å²) in [5.41, 5.74) is 0.845. The maximum absolute atomic E-state index is 12.1. The highest BCUT2D eigenvalue weighted by Gasteiger charge is 2.22. The summed E-state index contributed by atoms with van der Waals surface area (Å²) >= 11 is 0. The molecule has 1 N–H and O–H groups in total. The van der Waals surface area contributed by atoms with Gasteiger partial charge in [0, 0.05) is 6.92 Å². The second-order valence-electron chi connectivity index (χ2n) is 5.12. The van der Waals surface area contributed by atoms with Gasteiger partial charge in [0.1, 0.15) is 18.4 Å². The van der Waals surface area contributed by atoms with Gasteiger partial charge >= 0.3 is 11.9 Å². The Kier molecular flexibility index (Phi) is 6.88. The van der Waals surface area contributed by atoms with E-state index in [0.29, 0.717) is 12.3 Å². The highest BCUT2D eigenvalue weighted by Crippen LogP contribution is 2.15. The second kappa shape index (κ2) is 8.42. The van der Waals surface area contributed by atoms with Crippen molar-refractivity contribution in [3.8, 4) is 5.75 Å². The summed E-state index contributed by atoms with van der Waals surface area (Å²) in [6.45, 7) is 8.18. The third-order valence-electron chi connectivity index (χ3n) is 2.93. The van der Waals surface area contributed by atoms with Gasteiger partial charge < -0.3 is 14.8 Å². The number of ether oxygens (including phenoxy) is 2. The van der Waals surface area contributed by atoms with Gasteiger partial charge in [0.05, 0.1) is 0 Å². The van der Waals surface area contributed by atoms with Crippen molar-refractivity contribution in [2.75, 3.05) is 6.54 Å². The van der Waals surface area contributed by atoms with Gasteiger partial charge in [-0.3, -0.25) is 4.79 Å². The molecular weight excluding hydrogens is 270 g/mol. The van der Waals surface area contributed by atoms with Crippen molar-refractivity contribution in [1.82, 2.24) is 5.32 Å². The normalized spacial score (nSPS) is 12.0. The molecule has 0 aliphatic heterocycles. The predicted octanol–water partition coefficient (Wildman–Crippen LogP) is 2.29.